The van der Waals surface area contributed by atoms with Crippen molar-refractivity contribution in [2.45, 2.75) is 26.3 Å². The molecule has 0 atom stereocenters. The van der Waals surface area contributed by atoms with Gasteiger partial charge in [0.2, 0.25) is 0 Å². The van der Waals surface area contributed by atoms with Crippen LogP contribution in [0.3, 0.4) is 0 Å². The molecule has 5 heteroatoms. The summed E-state index contributed by atoms with van der Waals surface area (Å²) < 4.78 is 6.91. The van der Waals surface area contributed by atoms with Crippen LogP contribution in [-0.4, -0.2) is 17.0 Å². The van der Waals surface area contributed by atoms with Gasteiger partial charge >= 0.3 is 5.76 Å². The maximum atomic E-state index is 12.6. The number of rotatable bonds is 7. The van der Waals surface area contributed by atoms with E-state index in [9.17, 15) is 9.59 Å². The number of amides is 1. The topological polar surface area (TPSA) is 64.2 Å². The van der Waals surface area contributed by atoms with Gasteiger partial charge in [0.1, 0.15) is 0 Å². The molecule has 1 N–H and O–H groups in total. The Labute approximate surface area is 175 Å². The lowest BCUT2D eigenvalue weighted by Crippen LogP contribution is -2.24. The van der Waals surface area contributed by atoms with Crippen LogP contribution in [0.25, 0.3) is 11.1 Å². The summed E-state index contributed by atoms with van der Waals surface area (Å²) in [7, 11) is 0. The molecule has 0 radical (unpaired) electrons. The lowest BCUT2D eigenvalue weighted by atomic mass is 10.1. The van der Waals surface area contributed by atoms with Gasteiger partial charge in [-0.3, -0.25) is 9.36 Å². The molecule has 0 saturated heterocycles. The first kappa shape index (κ1) is 19.7. The van der Waals surface area contributed by atoms with Crippen molar-refractivity contribution in [2.24, 2.45) is 0 Å². The average molecular weight is 400 g/mol. The maximum Gasteiger partial charge on any atom is 0.420 e. The molecule has 1 amide bonds. The van der Waals surface area contributed by atoms with Crippen molar-refractivity contribution in [3.8, 4) is 0 Å². The lowest BCUT2D eigenvalue weighted by molar-refractivity contribution is 0.0953. The van der Waals surface area contributed by atoms with Crippen LogP contribution in [0.4, 0.5) is 0 Å². The Balaban J connectivity index is 1.46. The normalized spacial score (nSPS) is 11.0. The number of nitrogens with zero attached hydrogens (tertiary/aromatic N) is 1. The molecule has 1 heterocycles. The Bertz CT molecular complexity index is 1200. The van der Waals surface area contributed by atoms with Crippen LogP contribution in [0.15, 0.2) is 82.0 Å². The highest BCUT2D eigenvalue weighted by Gasteiger charge is 2.13. The van der Waals surface area contributed by atoms with Crippen LogP contribution in [0, 0.1) is 6.92 Å². The van der Waals surface area contributed by atoms with Gasteiger partial charge in [-0.1, -0.05) is 60.2 Å². The van der Waals surface area contributed by atoms with Crippen LogP contribution in [-0.2, 0) is 13.0 Å². The van der Waals surface area contributed by atoms with Crippen molar-refractivity contribution in [3.05, 3.63) is 106 Å². The molecule has 0 unspecified atom stereocenters. The molecule has 4 rings (SSSR count). The first-order valence-corrected chi connectivity index (χ1v) is 10.1. The minimum absolute atomic E-state index is 0.152. The second-order valence-electron chi connectivity index (χ2n) is 7.47. The molecule has 4 aromatic rings. The molecule has 0 spiro atoms. The average Bonchev–Trinajstić information content (AvgIpc) is 3.07. The highest BCUT2D eigenvalue weighted by Crippen LogP contribution is 2.17. The maximum absolute atomic E-state index is 12.6. The monoisotopic (exact) mass is 400 g/mol. The molecule has 0 aliphatic heterocycles. The zero-order chi connectivity index (χ0) is 20.9. The Morgan fingerprint density at radius 1 is 0.967 bits per heavy atom. The molecular formula is C25H24N2O3. The van der Waals surface area contributed by atoms with E-state index in [4.69, 9.17) is 4.42 Å². The Morgan fingerprint density at radius 3 is 2.50 bits per heavy atom. The quantitative estimate of drug-likeness (QED) is 0.470. The van der Waals surface area contributed by atoms with Crippen molar-refractivity contribution < 1.29 is 9.21 Å². The van der Waals surface area contributed by atoms with Gasteiger partial charge in [0, 0.05) is 12.1 Å². The number of oxazole rings is 1. The number of fused-ring (bicyclic) bond motifs is 1. The largest absolute Gasteiger partial charge is 0.420 e. The van der Waals surface area contributed by atoms with Gasteiger partial charge in [0.25, 0.3) is 5.91 Å². The number of carbonyl (C=O) groups excluding carboxylic acids is 1. The van der Waals surface area contributed by atoms with Crippen molar-refractivity contribution in [3.63, 3.8) is 0 Å². The van der Waals surface area contributed by atoms with Crippen LogP contribution < -0.4 is 11.1 Å². The summed E-state index contributed by atoms with van der Waals surface area (Å²) in [5.41, 5.74) is 5.04. The zero-order valence-corrected chi connectivity index (χ0v) is 16.9. The summed E-state index contributed by atoms with van der Waals surface area (Å²) >= 11 is 0. The summed E-state index contributed by atoms with van der Waals surface area (Å²) in [6, 6.07) is 23.3. The fraction of sp³-hybridized carbons (Fsp3) is 0.200. The molecule has 0 aliphatic rings. The molecule has 0 saturated carbocycles. The predicted molar refractivity (Wildman–Crippen MR) is 118 cm³/mol. The number of hydrogen-bond donors (Lipinski definition) is 1. The van der Waals surface area contributed by atoms with E-state index in [1.807, 2.05) is 49.4 Å². The predicted octanol–water partition coefficient (Wildman–Crippen LogP) is 4.31. The fourth-order valence-electron chi connectivity index (χ4n) is 3.47. The zero-order valence-electron chi connectivity index (χ0n) is 16.9. The highest BCUT2D eigenvalue weighted by molar-refractivity contribution is 5.97. The molecule has 1 aromatic heterocycles. The highest BCUT2D eigenvalue weighted by atomic mass is 16.4. The third kappa shape index (κ3) is 4.51. The van der Waals surface area contributed by atoms with Crippen LogP contribution in [0.2, 0.25) is 0 Å². The second-order valence-corrected chi connectivity index (χ2v) is 7.47. The number of aromatic nitrogens is 1. The summed E-state index contributed by atoms with van der Waals surface area (Å²) in [6.45, 7) is 3.01. The van der Waals surface area contributed by atoms with Gasteiger partial charge in [0.05, 0.1) is 12.1 Å². The molecule has 5 nitrogen and oxygen atoms in total. The molecule has 0 fully saturated rings. The van der Waals surface area contributed by atoms with Gasteiger partial charge in [0.15, 0.2) is 5.58 Å². The standard InChI is InChI=1S/C25H24N2O3/c1-18-9-11-20(12-10-18)17-27-22-16-21(13-14-23(22)30-25(27)29)24(28)26-15-5-8-19-6-3-2-4-7-19/h2-4,6-7,9-14,16H,5,8,15,17H2,1H3,(H,26,28). The van der Waals surface area contributed by atoms with E-state index in [0.717, 1.165) is 24.0 Å². The van der Waals surface area contributed by atoms with Crippen molar-refractivity contribution in [2.75, 3.05) is 6.54 Å². The van der Waals surface area contributed by atoms with Crippen molar-refractivity contribution >= 4 is 17.0 Å². The van der Waals surface area contributed by atoms with Gasteiger partial charge in [-0.25, -0.2) is 4.79 Å². The molecule has 3 aromatic carbocycles. The summed E-state index contributed by atoms with van der Waals surface area (Å²) in [6.07, 6.45) is 1.78. The van der Waals surface area contributed by atoms with E-state index >= 15 is 0 Å². The van der Waals surface area contributed by atoms with E-state index in [1.165, 1.54) is 5.56 Å². The SMILES string of the molecule is Cc1ccc(Cn2c(=O)oc3ccc(C(=O)NCCCc4ccccc4)cc32)cc1. The number of aryl methyl sites for hydroxylation is 2. The smallest absolute Gasteiger partial charge is 0.408 e. The van der Waals surface area contributed by atoms with E-state index in [0.29, 0.717) is 29.8 Å². The lowest BCUT2D eigenvalue weighted by Gasteiger charge is -2.07. The van der Waals surface area contributed by atoms with Crippen LogP contribution in [0.1, 0.15) is 33.5 Å². The number of carbonyl (C=O) groups is 1. The Kier molecular flexibility index (Phi) is 5.80. The molecule has 0 bridgehead atoms. The minimum atomic E-state index is -0.425. The van der Waals surface area contributed by atoms with Gasteiger partial charge in [-0.05, 0) is 49.1 Å². The van der Waals surface area contributed by atoms with Crippen molar-refractivity contribution in [1.29, 1.82) is 0 Å². The van der Waals surface area contributed by atoms with Crippen LogP contribution >= 0.6 is 0 Å². The van der Waals surface area contributed by atoms with Crippen LogP contribution in [0.5, 0.6) is 0 Å². The molecule has 152 valence electrons. The summed E-state index contributed by atoms with van der Waals surface area (Å²) in [4.78, 5) is 24.9. The Morgan fingerprint density at radius 2 is 1.73 bits per heavy atom. The summed E-state index contributed by atoms with van der Waals surface area (Å²) in [5.74, 6) is -0.577. The third-order valence-corrected chi connectivity index (χ3v) is 5.16. The molecular weight excluding hydrogens is 376 g/mol. The molecule has 30 heavy (non-hydrogen) atoms. The van der Waals surface area contributed by atoms with E-state index < -0.39 is 5.76 Å². The third-order valence-electron chi connectivity index (χ3n) is 5.16. The van der Waals surface area contributed by atoms with Crippen molar-refractivity contribution in [1.82, 2.24) is 9.88 Å². The van der Waals surface area contributed by atoms with E-state index in [1.54, 1.807) is 22.8 Å². The Hall–Kier alpha value is -3.60. The van der Waals surface area contributed by atoms with E-state index in [2.05, 4.69) is 17.4 Å². The van der Waals surface area contributed by atoms with Gasteiger partial charge in [-0.15, -0.1) is 0 Å². The summed E-state index contributed by atoms with van der Waals surface area (Å²) in [5, 5.41) is 2.96. The second kappa shape index (κ2) is 8.82. The minimum Gasteiger partial charge on any atom is -0.408 e. The number of hydrogen-bond acceptors (Lipinski definition) is 3. The first-order valence-electron chi connectivity index (χ1n) is 10.1. The molecule has 0 aliphatic carbocycles. The van der Waals surface area contributed by atoms with E-state index in [-0.39, 0.29) is 5.91 Å². The number of nitrogens with one attached hydrogen (secondary N) is 1. The first-order chi connectivity index (χ1) is 14.6. The number of benzene rings is 3. The van der Waals surface area contributed by atoms with Gasteiger partial charge in [-0.2, -0.15) is 0 Å². The fourth-order valence-corrected chi connectivity index (χ4v) is 3.47. The van der Waals surface area contributed by atoms with Gasteiger partial charge < -0.3 is 9.73 Å².